The quantitative estimate of drug-likeness (QED) is 0.168. The van der Waals surface area contributed by atoms with Crippen LogP contribution in [-0.4, -0.2) is 4.57 Å². The van der Waals surface area contributed by atoms with Crippen molar-refractivity contribution in [3.05, 3.63) is 206 Å². The van der Waals surface area contributed by atoms with Crippen molar-refractivity contribution in [2.75, 3.05) is 4.90 Å². The molecule has 0 amide bonds. The fourth-order valence-electron chi connectivity index (χ4n) is 8.94. The third kappa shape index (κ3) is 5.12. The SMILES string of the molecule is c1ccc(-c2ccc3c(c2)oc2c(-c4ccccc4)ccc(N(c4ccc5sc6ccccc6c5c4)c4ccc5c6ccccc6n(-c6ccccc6)c5c4)c23)cc1. The lowest BCUT2D eigenvalue weighted by atomic mass is 9.98. The molecule has 0 aliphatic rings. The van der Waals surface area contributed by atoms with Crippen LogP contribution in [0.2, 0.25) is 0 Å². The Morgan fingerprint density at radius 1 is 0.414 bits per heavy atom. The van der Waals surface area contributed by atoms with Gasteiger partial charge in [0.15, 0.2) is 0 Å². The lowest BCUT2D eigenvalue weighted by Gasteiger charge is -2.27. The second-order valence-electron chi connectivity index (χ2n) is 14.9. The third-order valence-electron chi connectivity index (χ3n) is 11.6. The number of thiophene rings is 1. The molecule has 0 fully saturated rings. The van der Waals surface area contributed by atoms with Crippen LogP contribution in [0.3, 0.4) is 0 Å². The molecule has 272 valence electrons. The Morgan fingerprint density at radius 2 is 1.05 bits per heavy atom. The molecule has 0 saturated heterocycles. The average Bonchev–Trinajstić information content (AvgIpc) is 3.97. The number of anilines is 3. The summed E-state index contributed by atoms with van der Waals surface area (Å²) in [5, 5.41) is 7.13. The minimum atomic E-state index is 0.861. The van der Waals surface area contributed by atoms with Gasteiger partial charge < -0.3 is 13.9 Å². The summed E-state index contributed by atoms with van der Waals surface area (Å²) in [6.45, 7) is 0. The molecule has 3 nitrogen and oxygen atoms in total. The highest BCUT2D eigenvalue weighted by atomic mass is 32.1. The van der Waals surface area contributed by atoms with Crippen LogP contribution in [-0.2, 0) is 0 Å². The molecule has 0 radical (unpaired) electrons. The molecule has 3 heterocycles. The molecule has 0 atom stereocenters. The first-order valence-electron chi connectivity index (χ1n) is 19.7. The molecule has 12 aromatic rings. The number of benzene rings is 9. The van der Waals surface area contributed by atoms with Gasteiger partial charge in [-0.15, -0.1) is 11.3 Å². The number of aromatic nitrogens is 1. The Bertz CT molecular complexity index is 3510. The zero-order valence-electron chi connectivity index (χ0n) is 31.3. The van der Waals surface area contributed by atoms with Crippen molar-refractivity contribution in [3.8, 4) is 27.9 Å². The van der Waals surface area contributed by atoms with Crippen LogP contribution >= 0.6 is 11.3 Å². The molecule has 3 aromatic heterocycles. The standard InChI is InChI=1S/C54H34N2OS/c1-4-14-35(15-5-1)37-24-27-45-50(32-37)57-54-41(36-16-6-2-7-17-36)29-30-48(53(45)54)55(39-26-31-52-46(33-39)44-21-11-13-23-51(44)58-52)40-25-28-43-42-20-10-12-22-47(42)56(49(43)34-40)38-18-8-3-9-19-38/h1-34H. The van der Waals surface area contributed by atoms with Crippen LogP contribution in [0.15, 0.2) is 211 Å². The summed E-state index contributed by atoms with van der Waals surface area (Å²) >= 11 is 1.85. The van der Waals surface area contributed by atoms with Gasteiger partial charge in [0, 0.05) is 59.0 Å². The van der Waals surface area contributed by atoms with Crippen LogP contribution in [0.4, 0.5) is 17.1 Å². The summed E-state index contributed by atoms with van der Waals surface area (Å²) in [6.07, 6.45) is 0. The number of hydrogen-bond acceptors (Lipinski definition) is 3. The van der Waals surface area contributed by atoms with E-state index in [2.05, 4.69) is 216 Å². The van der Waals surface area contributed by atoms with Gasteiger partial charge in [0.2, 0.25) is 0 Å². The van der Waals surface area contributed by atoms with Gasteiger partial charge >= 0.3 is 0 Å². The predicted molar refractivity (Wildman–Crippen MR) is 247 cm³/mol. The van der Waals surface area contributed by atoms with Crippen molar-refractivity contribution >= 4 is 92.3 Å². The van der Waals surface area contributed by atoms with E-state index in [-0.39, 0.29) is 0 Å². The van der Waals surface area contributed by atoms with Crippen LogP contribution in [0, 0.1) is 0 Å². The summed E-state index contributed by atoms with van der Waals surface area (Å²) in [5.74, 6) is 0. The Kier molecular flexibility index (Phi) is 7.40. The second-order valence-corrected chi connectivity index (χ2v) is 16.0. The molecular formula is C54H34N2OS. The van der Waals surface area contributed by atoms with Crippen LogP contribution < -0.4 is 4.90 Å². The van der Waals surface area contributed by atoms with Gasteiger partial charge in [-0.1, -0.05) is 127 Å². The van der Waals surface area contributed by atoms with Gasteiger partial charge in [-0.3, -0.25) is 0 Å². The van der Waals surface area contributed by atoms with Gasteiger partial charge in [-0.05, 0) is 95.6 Å². The number of hydrogen-bond donors (Lipinski definition) is 0. The number of para-hydroxylation sites is 2. The summed E-state index contributed by atoms with van der Waals surface area (Å²) in [7, 11) is 0. The third-order valence-corrected chi connectivity index (χ3v) is 12.7. The Labute approximate surface area is 338 Å². The molecule has 9 aromatic carbocycles. The minimum absolute atomic E-state index is 0.861. The zero-order valence-corrected chi connectivity index (χ0v) is 32.2. The molecule has 12 rings (SSSR count). The number of fused-ring (bicyclic) bond motifs is 9. The summed E-state index contributed by atoms with van der Waals surface area (Å²) in [4.78, 5) is 2.44. The van der Waals surface area contributed by atoms with Crippen LogP contribution in [0.5, 0.6) is 0 Å². The van der Waals surface area contributed by atoms with E-state index in [1.165, 1.54) is 36.5 Å². The van der Waals surface area contributed by atoms with Crippen molar-refractivity contribution < 1.29 is 4.42 Å². The number of nitrogens with zero attached hydrogens (tertiary/aromatic N) is 2. The monoisotopic (exact) mass is 758 g/mol. The average molecular weight is 759 g/mol. The first-order valence-corrected chi connectivity index (χ1v) is 20.5. The highest BCUT2D eigenvalue weighted by Crippen LogP contribution is 2.49. The Balaban J connectivity index is 1.17. The fraction of sp³-hybridized carbons (Fsp3) is 0. The van der Waals surface area contributed by atoms with Gasteiger partial charge in [-0.2, -0.15) is 0 Å². The smallest absolute Gasteiger partial charge is 0.145 e. The lowest BCUT2D eigenvalue weighted by molar-refractivity contribution is 0.670. The molecule has 58 heavy (non-hydrogen) atoms. The van der Waals surface area contributed by atoms with E-state index in [1.54, 1.807) is 0 Å². The normalized spacial score (nSPS) is 11.8. The van der Waals surface area contributed by atoms with Crippen molar-refractivity contribution in [3.63, 3.8) is 0 Å². The lowest BCUT2D eigenvalue weighted by Crippen LogP contribution is -2.10. The summed E-state index contributed by atoms with van der Waals surface area (Å²) in [6, 6.07) is 74.4. The van der Waals surface area contributed by atoms with Crippen molar-refractivity contribution in [1.29, 1.82) is 0 Å². The fourth-order valence-corrected chi connectivity index (χ4v) is 10.0. The molecule has 4 heteroatoms. The maximum atomic E-state index is 7.04. The van der Waals surface area contributed by atoms with E-state index in [1.807, 2.05) is 11.3 Å². The van der Waals surface area contributed by atoms with Crippen LogP contribution in [0.1, 0.15) is 0 Å². The van der Waals surface area contributed by atoms with E-state index in [4.69, 9.17) is 4.42 Å². The molecule has 0 aliphatic heterocycles. The van der Waals surface area contributed by atoms with E-state index in [9.17, 15) is 0 Å². The number of rotatable bonds is 6. The maximum Gasteiger partial charge on any atom is 0.145 e. The zero-order chi connectivity index (χ0) is 38.2. The predicted octanol–water partition coefficient (Wildman–Crippen LogP) is 15.9. The number of furan rings is 1. The Morgan fingerprint density at radius 3 is 1.88 bits per heavy atom. The second kappa shape index (κ2) is 13.1. The van der Waals surface area contributed by atoms with Gasteiger partial charge in [0.1, 0.15) is 11.2 Å². The molecule has 0 N–H and O–H groups in total. The van der Waals surface area contributed by atoms with E-state index >= 15 is 0 Å². The first-order chi connectivity index (χ1) is 28.8. The van der Waals surface area contributed by atoms with E-state index in [0.717, 1.165) is 72.5 Å². The van der Waals surface area contributed by atoms with E-state index in [0.29, 0.717) is 0 Å². The van der Waals surface area contributed by atoms with E-state index < -0.39 is 0 Å². The molecule has 0 saturated carbocycles. The van der Waals surface area contributed by atoms with Gasteiger partial charge in [0.25, 0.3) is 0 Å². The van der Waals surface area contributed by atoms with Crippen molar-refractivity contribution in [2.45, 2.75) is 0 Å². The minimum Gasteiger partial charge on any atom is -0.455 e. The molecule has 0 bridgehead atoms. The molecular weight excluding hydrogens is 725 g/mol. The van der Waals surface area contributed by atoms with Gasteiger partial charge in [-0.25, -0.2) is 0 Å². The summed E-state index contributed by atoms with van der Waals surface area (Å²) < 4.78 is 12.0. The van der Waals surface area contributed by atoms with Gasteiger partial charge in [0.05, 0.1) is 22.1 Å². The maximum absolute atomic E-state index is 7.04. The molecule has 0 spiro atoms. The highest BCUT2D eigenvalue weighted by Gasteiger charge is 2.24. The van der Waals surface area contributed by atoms with Crippen molar-refractivity contribution in [2.24, 2.45) is 0 Å². The van der Waals surface area contributed by atoms with Crippen molar-refractivity contribution in [1.82, 2.24) is 4.57 Å². The largest absolute Gasteiger partial charge is 0.455 e. The topological polar surface area (TPSA) is 21.3 Å². The Hall–Kier alpha value is -7.40. The molecule has 0 aliphatic carbocycles. The first kappa shape index (κ1) is 32.8. The molecule has 0 unspecified atom stereocenters. The highest BCUT2D eigenvalue weighted by molar-refractivity contribution is 7.25. The van der Waals surface area contributed by atoms with Crippen LogP contribution in [0.25, 0.3) is 91.9 Å². The summed E-state index contributed by atoms with van der Waals surface area (Å²) in [5.41, 5.74) is 12.9.